The summed E-state index contributed by atoms with van der Waals surface area (Å²) in [5.41, 5.74) is 1.76. The first-order valence-corrected chi connectivity index (χ1v) is 7.44. The van der Waals surface area contributed by atoms with Crippen molar-refractivity contribution in [3.63, 3.8) is 0 Å². The molecule has 120 valence electrons. The number of rotatable bonds is 7. The van der Waals surface area contributed by atoms with Crippen molar-refractivity contribution in [1.82, 2.24) is 5.32 Å². The summed E-state index contributed by atoms with van der Waals surface area (Å²) in [6.07, 6.45) is -0.602. The third-order valence-corrected chi connectivity index (χ3v) is 3.27. The Bertz CT molecular complexity index is 629. The SMILES string of the molecule is C[C@H](NC(=O)OCc1ccccc1)C(=O)CNc1ccccc1. The lowest BCUT2D eigenvalue weighted by molar-refractivity contribution is -0.118. The molecule has 2 aromatic rings. The Morgan fingerprint density at radius 1 is 1.00 bits per heavy atom. The van der Waals surface area contributed by atoms with E-state index < -0.39 is 12.1 Å². The van der Waals surface area contributed by atoms with Crippen LogP contribution in [0.4, 0.5) is 10.5 Å². The highest BCUT2D eigenvalue weighted by molar-refractivity contribution is 5.90. The van der Waals surface area contributed by atoms with Crippen LogP contribution in [0.5, 0.6) is 0 Å². The Morgan fingerprint density at radius 3 is 2.26 bits per heavy atom. The van der Waals surface area contributed by atoms with Crippen molar-refractivity contribution < 1.29 is 14.3 Å². The van der Waals surface area contributed by atoms with Gasteiger partial charge in [0.05, 0.1) is 12.6 Å². The summed E-state index contributed by atoms with van der Waals surface area (Å²) in [6.45, 7) is 1.96. The maximum absolute atomic E-state index is 12.0. The normalized spacial score (nSPS) is 11.3. The van der Waals surface area contributed by atoms with Gasteiger partial charge in [-0.15, -0.1) is 0 Å². The van der Waals surface area contributed by atoms with Crippen LogP contribution in [0, 0.1) is 0 Å². The van der Waals surface area contributed by atoms with Crippen LogP contribution in [0.1, 0.15) is 12.5 Å². The number of hydrogen-bond acceptors (Lipinski definition) is 4. The Labute approximate surface area is 135 Å². The summed E-state index contributed by atoms with van der Waals surface area (Å²) in [4.78, 5) is 23.7. The zero-order chi connectivity index (χ0) is 16.5. The molecule has 0 aromatic heterocycles. The van der Waals surface area contributed by atoms with Crippen molar-refractivity contribution in [3.05, 3.63) is 66.2 Å². The van der Waals surface area contributed by atoms with Gasteiger partial charge in [-0.25, -0.2) is 4.79 Å². The van der Waals surface area contributed by atoms with Crippen molar-refractivity contribution in [2.45, 2.75) is 19.6 Å². The van der Waals surface area contributed by atoms with Gasteiger partial charge in [0.2, 0.25) is 0 Å². The summed E-state index contributed by atoms with van der Waals surface area (Å²) in [5, 5.41) is 5.55. The van der Waals surface area contributed by atoms with E-state index in [4.69, 9.17) is 4.74 Å². The van der Waals surface area contributed by atoms with E-state index in [1.165, 1.54) is 0 Å². The van der Waals surface area contributed by atoms with Crippen molar-refractivity contribution in [3.8, 4) is 0 Å². The largest absolute Gasteiger partial charge is 0.445 e. The molecule has 1 atom stereocenters. The fraction of sp³-hybridized carbons (Fsp3) is 0.222. The Hall–Kier alpha value is -2.82. The Balaban J connectivity index is 1.71. The summed E-state index contributed by atoms with van der Waals surface area (Å²) in [5.74, 6) is -0.120. The number of Topliss-reactive ketones (excluding diaryl/α,β-unsaturated/α-hetero) is 1. The molecule has 23 heavy (non-hydrogen) atoms. The minimum absolute atomic E-state index is 0.120. The van der Waals surface area contributed by atoms with E-state index in [-0.39, 0.29) is 18.9 Å². The predicted molar refractivity (Wildman–Crippen MR) is 89.2 cm³/mol. The van der Waals surface area contributed by atoms with Crippen molar-refractivity contribution in [1.29, 1.82) is 0 Å². The van der Waals surface area contributed by atoms with E-state index in [1.807, 2.05) is 60.7 Å². The number of hydrogen-bond donors (Lipinski definition) is 2. The van der Waals surface area contributed by atoms with E-state index in [9.17, 15) is 9.59 Å². The van der Waals surface area contributed by atoms with Crippen LogP contribution >= 0.6 is 0 Å². The van der Waals surface area contributed by atoms with Crippen LogP contribution in [-0.2, 0) is 16.1 Å². The average Bonchev–Trinajstić information content (AvgIpc) is 2.59. The first kappa shape index (κ1) is 16.5. The second-order valence-corrected chi connectivity index (χ2v) is 5.11. The number of carbonyl (C=O) groups excluding carboxylic acids is 2. The van der Waals surface area contributed by atoms with Crippen LogP contribution in [0.2, 0.25) is 0 Å². The summed E-state index contributed by atoms with van der Waals surface area (Å²) >= 11 is 0. The zero-order valence-electron chi connectivity index (χ0n) is 13.0. The van der Waals surface area contributed by atoms with Gasteiger partial charge in [-0.05, 0) is 24.6 Å². The van der Waals surface area contributed by atoms with Gasteiger partial charge in [0, 0.05) is 5.69 Å². The van der Waals surface area contributed by atoms with Gasteiger partial charge < -0.3 is 15.4 Å². The lowest BCUT2D eigenvalue weighted by Gasteiger charge is -2.14. The molecule has 0 bridgehead atoms. The number of alkyl carbamates (subject to hydrolysis) is 1. The lowest BCUT2D eigenvalue weighted by Crippen LogP contribution is -2.41. The molecule has 0 radical (unpaired) electrons. The molecule has 0 saturated carbocycles. The van der Waals surface area contributed by atoms with Crippen LogP contribution < -0.4 is 10.6 Å². The zero-order valence-corrected chi connectivity index (χ0v) is 13.0. The van der Waals surface area contributed by atoms with Crippen LogP contribution in [0.25, 0.3) is 0 Å². The fourth-order valence-corrected chi connectivity index (χ4v) is 1.92. The number of amides is 1. The summed E-state index contributed by atoms with van der Waals surface area (Å²) in [6, 6.07) is 18.2. The van der Waals surface area contributed by atoms with Crippen molar-refractivity contribution in [2.24, 2.45) is 0 Å². The van der Waals surface area contributed by atoms with Crippen molar-refractivity contribution in [2.75, 3.05) is 11.9 Å². The van der Waals surface area contributed by atoms with E-state index in [0.717, 1.165) is 11.3 Å². The quantitative estimate of drug-likeness (QED) is 0.825. The van der Waals surface area contributed by atoms with Gasteiger partial charge in [0.25, 0.3) is 0 Å². The second-order valence-electron chi connectivity index (χ2n) is 5.11. The van der Waals surface area contributed by atoms with Gasteiger partial charge in [-0.3, -0.25) is 4.79 Å². The molecule has 1 amide bonds. The third-order valence-electron chi connectivity index (χ3n) is 3.27. The molecule has 0 heterocycles. The Kier molecular flexibility index (Phi) is 6.17. The summed E-state index contributed by atoms with van der Waals surface area (Å²) < 4.78 is 5.09. The van der Waals surface area contributed by atoms with Gasteiger partial charge in [-0.1, -0.05) is 48.5 Å². The standard InChI is InChI=1S/C18H20N2O3/c1-14(17(21)12-19-16-10-6-3-7-11-16)20-18(22)23-13-15-8-4-2-5-9-15/h2-11,14,19H,12-13H2,1H3,(H,20,22)/t14-/m0/s1. The molecule has 5 nitrogen and oxygen atoms in total. The van der Waals surface area contributed by atoms with E-state index in [0.29, 0.717) is 0 Å². The second kappa shape index (κ2) is 8.58. The molecule has 0 fully saturated rings. The molecular weight excluding hydrogens is 292 g/mol. The Morgan fingerprint density at radius 2 is 1.61 bits per heavy atom. The number of benzene rings is 2. The minimum atomic E-state index is -0.616. The monoisotopic (exact) mass is 312 g/mol. The topological polar surface area (TPSA) is 67.4 Å². The average molecular weight is 312 g/mol. The molecule has 0 unspecified atom stereocenters. The fourth-order valence-electron chi connectivity index (χ4n) is 1.92. The highest BCUT2D eigenvalue weighted by atomic mass is 16.5. The maximum atomic E-state index is 12.0. The number of anilines is 1. The van der Waals surface area contributed by atoms with Gasteiger partial charge in [0.1, 0.15) is 6.61 Å². The van der Waals surface area contributed by atoms with Crippen LogP contribution in [-0.4, -0.2) is 24.5 Å². The number of para-hydroxylation sites is 1. The van der Waals surface area contributed by atoms with Crippen LogP contribution in [0.15, 0.2) is 60.7 Å². The molecule has 0 aliphatic heterocycles. The first-order chi connectivity index (χ1) is 11.1. The van der Waals surface area contributed by atoms with Gasteiger partial charge >= 0.3 is 6.09 Å². The molecule has 2 aromatic carbocycles. The molecule has 0 spiro atoms. The van der Waals surface area contributed by atoms with Crippen LogP contribution in [0.3, 0.4) is 0 Å². The molecule has 0 saturated heterocycles. The smallest absolute Gasteiger partial charge is 0.408 e. The van der Waals surface area contributed by atoms with Crippen molar-refractivity contribution >= 4 is 17.6 Å². The minimum Gasteiger partial charge on any atom is -0.445 e. The molecule has 2 rings (SSSR count). The third kappa shape index (κ3) is 5.82. The number of ether oxygens (including phenoxy) is 1. The molecule has 0 aliphatic carbocycles. The number of carbonyl (C=O) groups is 2. The molecule has 5 heteroatoms. The molecule has 2 N–H and O–H groups in total. The number of ketones is 1. The highest BCUT2D eigenvalue weighted by Crippen LogP contribution is 2.04. The lowest BCUT2D eigenvalue weighted by atomic mass is 10.2. The van der Waals surface area contributed by atoms with E-state index >= 15 is 0 Å². The van der Waals surface area contributed by atoms with E-state index in [2.05, 4.69) is 10.6 Å². The first-order valence-electron chi connectivity index (χ1n) is 7.44. The maximum Gasteiger partial charge on any atom is 0.408 e. The van der Waals surface area contributed by atoms with Gasteiger partial charge in [-0.2, -0.15) is 0 Å². The molecule has 0 aliphatic rings. The summed E-state index contributed by atoms with van der Waals surface area (Å²) in [7, 11) is 0. The van der Waals surface area contributed by atoms with Gasteiger partial charge in [0.15, 0.2) is 5.78 Å². The predicted octanol–water partition coefficient (Wildman–Crippen LogP) is 2.98. The number of nitrogens with one attached hydrogen (secondary N) is 2. The van der Waals surface area contributed by atoms with E-state index in [1.54, 1.807) is 6.92 Å². The molecular formula is C18H20N2O3. The highest BCUT2D eigenvalue weighted by Gasteiger charge is 2.16.